The van der Waals surface area contributed by atoms with Crippen molar-refractivity contribution in [3.05, 3.63) is 0 Å². The molecule has 0 spiro atoms. The monoisotopic (exact) mass is 274 g/mol. The first-order valence-electron chi connectivity index (χ1n) is 0.408. The molecule has 0 aliphatic rings. The number of hydrogen-bond acceptors (Lipinski definition) is 2. The van der Waals surface area contributed by atoms with E-state index in [1.807, 2.05) is 0 Å². The van der Waals surface area contributed by atoms with Crippen molar-refractivity contribution in [2.24, 2.45) is 0 Å². The molecule has 6 heavy (non-hydrogen) atoms. The summed E-state index contributed by atoms with van der Waals surface area (Å²) < 4.78 is 17.1. The van der Waals surface area contributed by atoms with E-state index in [2.05, 4.69) is 0 Å². The first kappa shape index (κ1) is 27.0. The Balaban J connectivity index is -0.00000000667. The fourth-order valence-electron chi connectivity index (χ4n) is 0. The Kier molecular flexibility index (Phi) is 156. The predicted octanol–water partition coefficient (Wildman–Crippen LogP) is -0.859. The summed E-state index contributed by atoms with van der Waals surface area (Å²) in [6, 6.07) is 0. The van der Waals surface area contributed by atoms with E-state index in [0.717, 1.165) is 0 Å². The molecule has 0 fully saturated rings. The zero-order valence-electron chi connectivity index (χ0n) is 2.63. The van der Waals surface area contributed by atoms with Gasteiger partial charge in [-0.1, -0.05) is 0 Å². The van der Waals surface area contributed by atoms with Crippen molar-refractivity contribution in [2.45, 2.75) is 0 Å². The van der Waals surface area contributed by atoms with Crippen molar-refractivity contribution in [2.75, 3.05) is 0 Å². The molecule has 0 aromatic heterocycles. The minimum Gasteiger partial charge on any atom is 4.00 e. The summed E-state index contributed by atoms with van der Waals surface area (Å²) >= 11 is -2.27. The zero-order valence-corrected chi connectivity index (χ0v) is 7.95. The van der Waals surface area contributed by atoms with Gasteiger partial charge in [-0.05, 0) is 0 Å². The van der Waals surface area contributed by atoms with Crippen LogP contribution in [-0.4, -0.2) is 21.1 Å². The summed E-state index contributed by atoms with van der Waals surface area (Å²) in [5.74, 6) is 0. The Morgan fingerprint density at radius 3 is 1.00 bits per heavy atom. The molecule has 0 N–H and O–H groups in total. The van der Waals surface area contributed by atoms with Gasteiger partial charge in [0.1, 0.15) is 0 Å². The Hall–Kier alpha value is 1.20. The number of rotatable bonds is 0. The van der Waals surface area contributed by atoms with Crippen LogP contribution in [-0.2, 0) is 43.3 Å². The van der Waals surface area contributed by atoms with Gasteiger partial charge in [0.2, 0.25) is 0 Å². The Bertz CT molecular complexity index is 28.5. The average Bonchev–Trinajstić information content (AvgIpc) is 0.918. The van der Waals surface area contributed by atoms with Crippen molar-refractivity contribution in [3.63, 3.8) is 0 Å². The van der Waals surface area contributed by atoms with Gasteiger partial charge in [-0.3, -0.25) is 0 Å². The van der Waals surface area contributed by atoms with Crippen LogP contribution in [0.15, 0.2) is 0 Å². The van der Waals surface area contributed by atoms with E-state index in [1.165, 1.54) is 0 Å². The molecule has 0 unspecified atom stereocenters. The second-order valence-electron chi connectivity index (χ2n) is 0.0833. The van der Waals surface area contributed by atoms with Gasteiger partial charge in [-0.2, -0.15) is 0 Å². The van der Waals surface area contributed by atoms with Crippen molar-refractivity contribution in [1.29, 1.82) is 0 Å². The maximum Gasteiger partial charge on any atom is 4.00 e. The van der Waals surface area contributed by atoms with E-state index in [0.29, 0.717) is 0 Å². The maximum atomic E-state index is 8.54. The summed E-state index contributed by atoms with van der Waals surface area (Å²) in [6.45, 7) is 0. The van der Waals surface area contributed by atoms with E-state index < -0.39 is 21.1 Å². The molecule has 0 atom stereocenters. The molecule has 0 heterocycles. The van der Waals surface area contributed by atoms with Crippen molar-refractivity contribution >= 4 is 21.1 Å². The fraction of sp³-hybridized carbons (Fsp3) is 0. The summed E-state index contributed by atoms with van der Waals surface area (Å²) in [5.41, 5.74) is 0. The molecule has 0 saturated heterocycles. The molecular weight excluding hydrogens is 274 g/mol. The second kappa shape index (κ2) is 34.6. The van der Waals surface area contributed by atoms with Gasteiger partial charge in [0.05, 0.1) is 0 Å². The second-order valence-corrected chi connectivity index (χ2v) is 0.559. The molecule has 0 rings (SSSR count). The van der Waals surface area contributed by atoms with Crippen molar-refractivity contribution in [1.82, 2.24) is 0 Å². The molecule has 32 valence electrons. The molecule has 0 radical (unpaired) electrons. The van der Waals surface area contributed by atoms with E-state index in [1.54, 1.807) is 0 Å². The predicted molar refractivity (Wildman–Crippen MR) is 8.50 cm³/mol. The van der Waals surface area contributed by atoms with Gasteiger partial charge in [-0.25, -0.2) is 0 Å². The van der Waals surface area contributed by atoms with Gasteiger partial charge in [-0.15, -0.1) is 0 Å². The molecule has 6 heteroatoms. The van der Waals surface area contributed by atoms with Gasteiger partial charge in [0.15, 0.2) is 0 Å². The van der Waals surface area contributed by atoms with E-state index in [4.69, 9.17) is 6.15 Å². The summed E-state index contributed by atoms with van der Waals surface area (Å²) in [7, 11) is 0. The van der Waals surface area contributed by atoms with Gasteiger partial charge < -0.3 is 11.0 Å². The largest absolute Gasteiger partial charge is 4.00 e. The Labute approximate surface area is 64.0 Å². The van der Waals surface area contributed by atoms with Crippen molar-refractivity contribution in [3.8, 4) is 0 Å². The minimum absolute atomic E-state index is 0. The van der Waals surface area contributed by atoms with E-state index in [9.17, 15) is 0 Å². The molecule has 0 bridgehead atoms. The maximum absolute atomic E-state index is 8.54. The average molecular weight is 274 g/mol. The van der Waals surface area contributed by atoms with Crippen LogP contribution in [0.4, 0.5) is 0 Å². The standard InChI is InChI=1S/4O.Sn.Zr/q;;2*-2;;+4. The molecular formula is O4SnZr. The van der Waals surface area contributed by atoms with E-state index >= 15 is 0 Å². The molecule has 0 saturated carbocycles. The summed E-state index contributed by atoms with van der Waals surface area (Å²) in [5, 5.41) is 0. The van der Waals surface area contributed by atoms with Gasteiger partial charge in [0.25, 0.3) is 0 Å². The topological polar surface area (TPSA) is 91.1 Å². The summed E-state index contributed by atoms with van der Waals surface area (Å²) in [6.07, 6.45) is 0. The van der Waals surface area contributed by atoms with Crippen LogP contribution in [0.1, 0.15) is 0 Å². The SMILES string of the molecule is [O-2].[O-2].[O]=[Sn]=[O].[Zr+4]. The van der Waals surface area contributed by atoms with Crippen LogP contribution < -0.4 is 0 Å². The van der Waals surface area contributed by atoms with Crippen LogP contribution in [0.3, 0.4) is 0 Å². The Morgan fingerprint density at radius 2 is 1.00 bits per heavy atom. The van der Waals surface area contributed by atoms with E-state index in [-0.39, 0.29) is 37.2 Å². The van der Waals surface area contributed by atoms with Gasteiger partial charge in [0, 0.05) is 0 Å². The molecule has 4 nitrogen and oxygen atoms in total. The molecule has 0 aliphatic heterocycles. The van der Waals surface area contributed by atoms with Crippen LogP contribution >= 0.6 is 0 Å². The van der Waals surface area contributed by atoms with Crippen molar-refractivity contribution < 1.29 is 43.3 Å². The molecule has 0 aliphatic carbocycles. The van der Waals surface area contributed by atoms with Crippen LogP contribution in [0.25, 0.3) is 0 Å². The normalized spacial score (nSPS) is 1.33. The number of hydrogen-bond donors (Lipinski definition) is 0. The van der Waals surface area contributed by atoms with Gasteiger partial charge >= 0.3 is 53.5 Å². The van der Waals surface area contributed by atoms with Crippen LogP contribution in [0.5, 0.6) is 0 Å². The third-order valence-electron chi connectivity index (χ3n) is 0. The molecule has 0 amide bonds. The van der Waals surface area contributed by atoms with Crippen LogP contribution in [0.2, 0.25) is 0 Å². The quantitative estimate of drug-likeness (QED) is 0.538. The first-order chi connectivity index (χ1) is 1.41. The fourth-order valence-corrected chi connectivity index (χ4v) is 0. The first-order valence-corrected chi connectivity index (χ1v) is 2.74. The zero-order chi connectivity index (χ0) is 2.71. The minimum atomic E-state index is -2.27. The smallest absolute Gasteiger partial charge is 4.00 e. The third-order valence-corrected chi connectivity index (χ3v) is 0. The summed E-state index contributed by atoms with van der Waals surface area (Å²) in [4.78, 5) is 0. The third kappa shape index (κ3) is 63.6. The van der Waals surface area contributed by atoms with Crippen LogP contribution in [0, 0.1) is 0 Å². The Morgan fingerprint density at radius 1 is 1.00 bits per heavy atom. The molecule has 0 aromatic carbocycles. The molecule has 0 aromatic rings.